The normalized spacial score (nSPS) is 11.5. The smallest absolute Gasteiger partial charge is 0.298 e. The van der Waals surface area contributed by atoms with Crippen molar-refractivity contribution in [2.24, 2.45) is 0 Å². The van der Waals surface area contributed by atoms with Gasteiger partial charge in [-0.05, 0) is 17.0 Å². The summed E-state index contributed by atoms with van der Waals surface area (Å²) >= 11 is 0. The zero-order chi connectivity index (χ0) is 15.5. The number of aliphatic hydroxyl groups excluding tert-OH is 1. The van der Waals surface area contributed by atoms with Crippen LogP contribution in [-0.4, -0.2) is 26.7 Å². The molecule has 0 amide bonds. The van der Waals surface area contributed by atoms with Crippen LogP contribution < -0.4 is 0 Å². The average molecular weight is 304 g/mol. The van der Waals surface area contributed by atoms with Gasteiger partial charge in [-0.1, -0.05) is 49.6 Å². The highest BCUT2D eigenvalue weighted by Gasteiger charge is 2.23. The molecule has 0 aromatic heterocycles. The second kappa shape index (κ2) is 6.22. The van der Waals surface area contributed by atoms with Crippen LogP contribution in [0.2, 0.25) is 0 Å². The Morgan fingerprint density at radius 3 is 2.52 bits per heavy atom. The van der Waals surface area contributed by atoms with Crippen molar-refractivity contribution in [3.63, 3.8) is 0 Å². The van der Waals surface area contributed by atoms with Crippen molar-refractivity contribution >= 4 is 33.0 Å². The Hall–Kier alpha value is -1.95. The minimum atomic E-state index is -4.00. The van der Waals surface area contributed by atoms with Gasteiger partial charge in [0.1, 0.15) is 4.90 Å². The van der Waals surface area contributed by atoms with E-state index in [1.165, 1.54) is 6.08 Å². The van der Waals surface area contributed by atoms with Crippen LogP contribution in [0, 0.1) is 0 Å². The fraction of sp³-hybridized carbons (Fsp3) is 0.125. The number of rotatable bonds is 6. The molecule has 0 aliphatic heterocycles. The summed E-state index contributed by atoms with van der Waals surface area (Å²) in [6, 6.07) is 8.97. The van der Waals surface area contributed by atoms with E-state index in [-0.39, 0.29) is 18.1 Å². The summed E-state index contributed by atoms with van der Waals surface area (Å²) in [5.74, 6) is 0. The Kier molecular flexibility index (Phi) is 4.57. The second-order valence-corrected chi connectivity index (χ2v) is 5.89. The van der Waals surface area contributed by atoms with Crippen LogP contribution in [0.15, 0.2) is 48.4 Å². The van der Waals surface area contributed by atoms with Gasteiger partial charge in [-0.2, -0.15) is 8.42 Å². The predicted molar refractivity (Wildman–Crippen MR) is 84.4 cm³/mol. The van der Waals surface area contributed by atoms with E-state index in [4.69, 9.17) is 9.29 Å². The first kappa shape index (κ1) is 15.4. The minimum Gasteiger partial charge on any atom is -0.394 e. The van der Waals surface area contributed by atoms with Crippen molar-refractivity contribution < 1.29 is 17.7 Å². The quantitative estimate of drug-likeness (QED) is 0.834. The molecule has 0 saturated heterocycles. The highest BCUT2D eigenvalue weighted by molar-refractivity contribution is 7.87. The van der Waals surface area contributed by atoms with E-state index in [9.17, 15) is 8.42 Å². The molecule has 4 nitrogen and oxygen atoms in total. The third-order valence-corrected chi connectivity index (χ3v) is 4.49. The predicted octanol–water partition coefficient (Wildman–Crippen LogP) is 2.82. The van der Waals surface area contributed by atoms with E-state index >= 15 is 0 Å². The first-order valence-corrected chi connectivity index (χ1v) is 7.77. The molecule has 1 N–H and O–H groups in total. The minimum absolute atomic E-state index is 0.0546. The van der Waals surface area contributed by atoms with Gasteiger partial charge >= 0.3 is 0 Å². The molecule has 110 valence electrons. The Labute approximate surface area is 124 Å². The van der Waals surface area contributed by atoms with Gasteiger partial charge in [-0.3, -0.25) is 4.18 Å². The number of benzene rings is 2. The summed E-state index contributed by atoms with van der Waals surface area (Å²) in [4.78, 5) is 0.0546. The molecule has 0 aliphatic carbocycles. The van der Waals surface area contributed by atoms with Gasteiger partial charge in [-0.25, -0.2) is 0 Å². The molecular weight excluding hydrogens is 288 g/mol. The zero-order valence-electron chi connectivity index (χ0n) is 11.5. The molecule has 5 heteroatoms. The van der Waals surface area contributed by atoms with Crippen LogP contribution in [0.3, 0.4) is 0 Å². The third-order valence-electron chi connectivity index (χ3n) is 3.08. The third kappa shape index (κ3) is 2.90. The Balaban J connectivity index is 2.86. The first-order valence-electron chi connectivity index (χ1n) is 6.36. The van der Waals surface area contributed by atoms with Crippen molar-refractivity contribution in [1.82, 2.24) is 0 Å². The van der Waals surface area contributed by atoms with Gasteiger partial charge in [0.15, 0.2) is 0 Å². The number of hydrogen-bond acceptors (Lipinski definition) is 4. The van der Waals surface area contributed by atoms with Crippen LogP contribution in [0.25, 0.3) is 22.9 Å². The zero-order valence-corrected chi connectivity index (χ0v) is 12.3. The van der Waals surface area contributed by atoms with Crippen LogP contribution in [0.5, 0.6) is 0 Å². The fourth-order valence-electron chi connectivity index (χ4n) is 2.21. The van der Waals surface area contributed by atoms with E-state index in [2.05, 4.69) is 13.2 Å². The van der Waals surface area contributed by atoms with Crippen molar-refractivity contribution in [3.8, 4) is 0 Å². The van der Waals surface area contributed by atoms with Gasteiger partial charge < -0.3 is 5.11 Å². The van der Waals surface area contributed by atoms with E-state index < -0.39 is 10.1 Å². The van der Waals surface area contributed by atoms with E-state index in [1.807, 2.05) is 18.2 Å². The SMILES string of the molecule is C=Cc1cc2ccccc2c(S(=O)(=O)OCCO)c1C=C. The molecule has 0 aliphatic rings. The monoisotopic (exact) mass is 304 g/mol. The summed E-state index contributed by atoms with van der Waals surface area (Å²) < 4.78 is 29.7. The van der Waals surface area contributed by atoms with Crippen LogP contribution in [0.4, 0.5) is 0 Å². The molecule has 0 unspecified atom stereocenters. The topological polar surface area (TPSA) is 63.6 Å². The summed E-state index contributed by atoms with van der Waals surface area (Å²) in [6.07, 6.45) is 3.05. The van der Waals surface area contributed by atoms with Gasteiger partial charge in [-0.15, -0.1) is 0 Å². The molecule has 2 aromatic carbocycles. The Morgan fingerprint density at radius 1 is 1.19 bits per heavy atom. The van der Waals surface area contributed by atoms with Crippen LogP contribution in [-0.2, 0) is 14.3 Å². The molecule has 0 heterocycles. The van der Waals surface area contributed by atoms with Gasteiger partial charge in [0.2, 0.25) is 0 Å². The summed E-state index contributed by atoms with van der Waals surface area (Å²) in [5, 5.41) is 10.1. The van der Waals surface area contributed by atoms with Crippen LogP contribution >= 0.6 is 0 Å². The molecule has 0 atom stereocenters. The first-order chi connectivity index (χ1) is 10.0. The summed E-state index contributed by atoms with van der Waals surface area (Å²) in [7, 11) is -4.00. The molecule has 0 spiro atoms. The van der Waals surface area contributed by atoms with E-state index in [0.29, 0.717) is 16.5 Å². The van der Waals surface area contributed by atoms with E-state index in [1.54, 1.807) is 18.2 Å². The molecule has 21 heavy (non-hydrogen) atoms. The van der Waals surface area contributed by atoms with Crippen LogP contribution in [0.1, 0.15) is 11.1 Å². The second-order valence-electron chi connectivity index (χ2n) is 4.34. The lowest BCUT2D eigenvalue weighted by molar-refractivity contribution is 0.205. The summed E-state index contributed by atoms with van der Waals surface area (Å²) in [6.45, 7) is 6.73. The lowest BCUT2D eigenvalue weighted by Gasteiger charge is -2.14. The molecule has 2 aromatic rings. The van der Waals surface area contributed by atoms with Gasteiger partial charge in [0.05, 0.1) is 13.2 Å². The Bertz CT molecular complexity index is 791. The summed E-state index contributed by atoms with van der Waals surface area (Å²) in [5.41, 5.74) is 1.11. The molecule has 2 rings (SSSR count). The standard InChI is InChI=1S/C16H16O4S/c1-3-12-11-13-7-5-6-8-15(13)16(14(12)4-2)21(18,19)20-10-9-17/h3-8,11,17H,1-2,9-10H2. The van der Waals surface area contributed by atoms with Crippen molar-refractivity contribution in [2.45, 2.75) is 4.90 Å². The van der Waals surface area contributed by atoms with Crippen molar-refractivity contribution in [3.05, 3.63) is 54.6 Å². The highest BCUT2D eigenvalue weighted by atomic mass is 32.2. The molecule has 0 saturated carbocycles. The largest absolute Gasteiger partial charge is 0.394 e. The molecular formula is C16H16O4S. The average Bonchev–Trinajstić information content (AvgIpc) is 2.50. The van der Waals surface area contributed by atoms with Crippen molar-refractivity contribution in [2.75, 3.05) is 13.2 Å². The number of aliphatic hydroxyl groups is 1. The fourth-order valence-corrected chi connectivity index (χ4v) is 3.54. The van der Waals surface area contributed by atoms with Gasteiger partial charge in [0, 0.05) is 10.9 Å². The Morgan fingerprint density at radius 2 is 1.90 bits per heavy atom. The molecule has 0 fully saturated rings. The van der Waals surface area contributed by atoms with Gasteiger partial charge in [0.25, 0.3) is 10.1 Å². The molecule has 0 bridgehead atoms. The maximum Gasteiger partial charge on any atom is 0.298 e. The highest BCUT2D eigenvalue weighted by Crippen LogP contribution is 2.32. The molecule has 0 radical (unpaired) electrons. The maximum absolute atomic E-state index is 12.4. The lowest BCUT2D eigenvalue weighted by Crippen LogP contribution is -2.12. The number of hydrogen-bond donors (Lipinski definition) is 1. The number of fused-ring (bicyclic) bond motifs is 1. The van der Waals surface area contributed by atoms with E-state index in [0.717, 1.165) is 5.39 Å². The lowest BCUT2D eigenvalue weighted by atomic mass is 10.0. The maximum atomic E-state index is 12.4. The van der Waals surface area contributed by atoms with Crippen molar-refractivity contribution in [1.29, 1.82) is 0 Å².